The van der Waals surface area contributed by atoms with Crippen LogP contribution >= 0.6 is 0 Å². The Morgan fingerprint density at radius 1 is 0.321 bits per heavy atom. The Bertz CT molecular complexity index is 2840. The molecule has 10 rings (SSSR count). The van der Waals surface area contributed by atoms with E-state index in [4.69, 9.17) is 19.9 Å². The SMILES string of the molecule is Cc1nc2ccccc2n1-c1ccccc1-c1ccc(-c2ccccc2)nc1-c1nc(-c2ccccc2)ccc1-c1ccccc1-n1c(C)nc2ccccc21. The van der Waals surface area contributed by atoms with E-state index < -0.39 is 0 Å². The van der Waals surface area contributed by atoms with Crippen molar-refractivity contribution in [2.45, 2.75) is 13.8 Å². The average Bonchev–Trinajstić information content (AvgIpc) is 3.78. The summed E-state index contributed by atoms with van der Waals surface area (Å²) >= 11 is 0. The predicted molar refractivity (Wildman–Crippen MR) is 228 cm³/mol. The van der Waals surface area contributed by atoms with Crippen molar-refractivity contribution in [1.29, 1.82) is 0 Å². The molecule has 0 N–H and O–H groups in total. The van der Waals surface area contributed by atoms with Crippen LogP contribution in [0.3, 0.4) is 0 Å². The van der Waals surface area contributed by atoms with Gasteiger partial charge in [0.15, 0.2) is 0 Å². The second kappa shape index (κ2) is 13.8. The fraction of sp³-hybridized carbons (Fsp3) is 0.0400. The van der Waals surface area contributed by atoms with Gasteiger partial charge in [-0.05, 0) is 74.5 Å². The maximum atomic E-state index is 5.57. The number of nitrogens with zero attached hydrogens (tertiary/aromatic N) is 6. The van der Waals surface area contributed by atoms with Gasteiger partial charge in [0.2, 0.25) is 0 Å². The first-order valence-electron chi connectivity index (χ1n) is 18.8. The third-order valence-electron chi connectivity index (χ3n) is 10.5. The second-order valence-corrected chi connectivity index (χ2v) is 13.9. The molecule has 10 aromatic rings. The molecule has 0 saturated carbocycles. The van der Waals surface area contributed by atoms with E-state index in [0.29, 0.717) is 0 Å². The highest BCUT2D eigenvalue weighted by atomic mass is 15.1. The van der Waals surface area contributed by atoms with Gasteiger partial charge in [-0.15, -0.1) is 0 Å². The van der Waals surface area contributed by atoms with E-state index >= 15 is 0 Å². The standard InChI is InChI=1S/C50H36N6/c1-33-51-43-23-11-15-27-47(43)55(33)45-25-13-9-21-37(45)39-29-31-41(35-17-5-3-6-18-35)53-49(39)50-40(30-32-42(54-50)36-19-7-4-8-20-36)38-22-10-14-26-46(38)56-34(2)52-44-24-12-16-28-48(44)56/h3-32H,1-2H3. The van der Waals surface area contributed by atoms with Crippen LogP contribution < -0.4 is 0 Å². The molecule has 0 saturated heterocycles. The summed E-state index contributed by atoms with van der Waals surface area (Å²) in [6.45, 7) is 4.13. The first-order valence-corrected chi connectivity index (χ1v) is 18.8. The van der Waals surface area contributed by atoms with Crippen molar-refractivity contribution in [3.8, 4) is 67.5 Å². The number of benzene rings is 6. The zero-order valence-electron chi connectivity index (χ0n) is 31.0. The van der Waals surface area contributed by atoms with Crippen LogP contribution in [0, 0.1) is 13.8 Å². The fourth-order valence-electron chi connectivity index (χ4n) is 7.95. The van der Waals surface area contributed by atoms with Gasteiger partial charge in [0.25, 0.3) is 0 Å². The summed E-state index contributed by atoms with van der Waals surface area (Å²) in [6, 6.07) is 63.1. The number of para-hydroxylation sites is 6. The predicted octanol–water partition coefficient (Wildman–Crippen LogP) is 12.1. The highest BCUT2D eigenvalue weighted by Gasteiger charge is 2.24. The Labute approximate surface area is 325 Å². The van der Waals surface area contributed by atoms with E-state index in [1.54, 1.807) is 0 Å². The van der Waals surface area contributed by atoms with E-state index in [2.05, 4.69) is 181 Å². The van der Waals surface area contributed by atoms with Gasteiger partial charge in [-0.25, -0.2) is 19.9 Å². The van der Waals surface area contributed by atoms with Crippen LogP contribution in [0.15, 0.2) is 182 Å². The summed E-state index contributed by atoms with van der Waals surface area (Å²) in [5.74, 6) is 1.83. The number of aryl methyl sites for hydroxylation is 2. The monoisotopic (exact) mass is 720 g/mol. The normalized spacial score (nSPS) is 11.4. The molecule has 0 radical (unpaired) electrons. The van der Waals surface area contributed by atoms with Gasteiger partial charge in [0.05, 0.1) is 56.2 Å². The largest absolute Gasteiger partial charge is 0.296 e. The third-order valence-corrected chi connectivity index (χ3v) is 10.5. The van der Waals surface area contributed by atoms with Gasteiger partial charge >= 0.3 is 0 Å². The molecule has 0 bridgehead atoms. The van der Waals surface area contributed by atoms with Crippen LogP contribution in [-0.4, -0.2) is 29.1 Å². The zero-order valence-corrected chi connectivity index (χ0v) is 31.0. The van der Waals surface area contributed by atoms with E-state index in [9.17, 15) is 0 Å². The third kappa shape index (κ3) is 5.67. The summed E-state index contributed by atoms with van der Waals surface area (Å²) < 4.78 is 4.49. The summed E-state index contributed by atoms with van der Waals surface area (Å²) in [5, 5.41) is 0. The first kappa shape index (κ1) is 33.2. The molecule has 0 aliphatic carbocycles. The maximum Gasteiger partial charge on any atom is 0.111 e. The van der Waals surface area contributed by atoms with Crippen molar-refractivity contribution in [2.24, 2.45) is 0 Å². The summed E-state index contributed by atoms with van der Waals surface area (Å²) in [6.07, 6.45) is 0. The molecule has 6 heteroatoms. The molecule has 0 amide bonds. The molecule has 0 aliphatic rings. The first-order chi connectivity index (χ1) is 27.6. The van der Waals surface area contributed by atoms with Gasteiger partial charge in [-0.2, -0.15) is 0 Å². The lowest BCUT2D eigenvalue weighted by Gasteiger charge is -2.20. The van der Waals surface area contributed by atoms with Gasteiger partial charge in [-0.1, -0.05) is 121 Å². The van der Waals surface area contributed by atoms with Gasteiger partial charge < -0.3 is 0 Å². The number of hydrogen-bond acceptors (Lipinski definition) is 4. The van der Waals surface area contributed by atoms with Crippen LogP contribution in [0.1, 0.15) is 11.6 Å². The van der Waals surface area contributed by atoms with E-state index in [1.807, 2.05) is 24.3 Å². The van der Waals surface area contributed by atoms with Crippen molar-refractivity contribution in [1.82, 2.24) is 29.1 Å². The highest BCUT2D eigenvalue weighted by molar-refractivity contribution is 5.95. The Morgan fingerprint density at radius 2 is 0.696 bits per heavy atom. The van der Waals surface area contributed by atoms with Crippen LogP contribution in [0.25, 0.3) is 89.6 Å². The molecule has 6 nitrogen and oxygen atoms in total. The number of rotatable bonds is 7. The molecule has 4 heterocycles. The molecular formula is C50H36N6. The highest BCUT2D eigenvalue weighted by Crippen LogP contribution is 2.43. The quantitative estimate of drug-likeness (QED) is 0.164. The molecule has 266 valence electrons. The van der Waals surface area contributed by atoms with Crippen molar-refractivity contribution in [3.63, 3.8) is 0 Å². The molecule has 0 fully saturated rings. The molecule has 0 aliphatic heterocycles. The molecule has 0 unspecified atom stereocenters. The second-order valence-electron chi connectivity index (χ2n) is 13.9. The molecule has 0 spiro atoms. The summed E-state index contributed by atoms with van der Waals surface area (Å²) in [7, 11) is 0. The smallest absolute Gasteiger partial charge is 0.111 e. The molecule has 6 aromatic carbocycles. The van der Waals surface area contributed by atoms with E-state index in [0.717, 1.165) is 101 Å². The van der Waals surface area contributed by atoms with Crippen LogP contribution in [0.4, 0.5) is 0 Å². The Balaban J connectivity index is 1.29. The van der Waals surface area contributed by atoms with Crippen LogP contribution in [0.5, 0.6) is 0 Å². The lowest BCUT2D eigenvalue weighted by molar-refractivity contribution is 1.00. The Hall–Kier alpha value is -7.44. The number of hydrogen-bond donors (Lipinski definition) is 0. The van der Waals surface area contributed by atoms with Crippen molar-refractivity contribution < 1.29 is 0 Å². The number of pyridine rings is 2. The fourth-order valence-corrected chi connectivity index (χ4v) is 7.95. The van der Waals surface area contributed by atoms with Gasteiger partial charge in [0, 0.05) is 33.4 Å². The molecule has 4 aromatic heterocycles. The topological polar surface area (TPSA) is 61.4 Å². The summed E-state index contributed by atoms with van der Waals surface area (Å²) in [5.41, 5.74) is 15.4. The number of fused-ring (bicyclic) bond motifs is 2. The van der Waals surface area contributed by atoms with E-state index in [-0.39, 0.29) is 0 Å². The number of aromatic nitrogens is 6. The lowest BCUT2D eigenvalue weighted by atomic mass is 9.93. The van der Waals surface area contributed by atoms with Crippen molar-refractivity contribution in [3.05, 3.63) is 194 Å². The molecular weight excluding hydrogens is 685 g/mol. The van der Waals surface area contributed by atoms with Crippen LogP contribution in [-0.2, 0) is 0 Å². The molecule has 0 atom stereocenters. The molecule has 56 heavy (non-hydrogen) atoms. The number of imidazole rings is 2. The Kier molecular flexibility index (Phi) is 8.15. The summed E-state index contributed by atoms with van der Waals surface area (Å²) in [4.78, 5) is 21.0. The van der Waals surface area contributed by atoms with Crippen molar-refractivity contribution >= 4 is 22.1 Å². The minimum Gasteiger partial charge on any atom is -0.296 e. The van der Waals surface area contributed by atoms with E-state index in [1.165, 1.54) is 0 Å². The Morgan fingerprint density at radius 3 is 1.14 bits per heavy atom. The lowest BCUT2D eigenvalue weighted by Crippen LogP contribution is -2.04. The minimum absolute atomic E-state index is 0.788. The van der Waals surface area contributed by atoms with Crippen LogP contribution in [0.2, 0.25) is 0 Å². The van der Waals surface area contributed by atoms with Gasteiger partial charge in [0.1, 0.15) is 11.6 Å². The minimum atomic E-state index is 0.788. The average molecular weight is 721 g/mol. The van der Waals surface area contributed by atoms with Gasteiger partial charge in [-0.3, -0.25) is 9.13 Å². The zero-order chi connectivity index (χ0) is 37.6. The van der Waals surface area contributed by atoms with Crippen molar-refractivity contribution in [2.75, 3.05) is 0 Å². The maximum absolute atomic E-state index is 5.57.